The Morgan fingerprint density at radius 2 is 1.91 bits per heavy atom. The summed E-state index contributed by atoms with van der Waals surface area (Å²) in [6.45, 7) is 2.47. The molecule has 1 saturated heterocycles. The third-order valence-electron chi connectivity index (χ3n) is 5.70. The number of carbonyl (C=O) groups excluding carboxylic acids is 1. The maximum Gasteiger partial charge on any atom is 0.264 e. The fraction of sp³-hybridized carbons (Fsp3) is 0.0741. The van der Waals surface area contributed by atoms with Crippen molar-refractivity contribution < 1.29 is 4.79 Å². The van der Waals surface area contributed by atoms with Crippen molar-refractivity contribution in [3.05, 3.63) is 105 Å². The highest BCUT2D eigenvalue weighted by Gasteiger charge is 2.25. The van der Waals surface area contributed by atoms with Gasteiger partial charge in [0.2, 0.25) is 0 Å². The lowest BCUT2D eigenvalue weighted by atomic mass is 10.1. The molecular weight excluding hydrogens is 464 g/mol. The van der Waals surface area contributed by atoms with Crippen LogP contribution in [-0.2, 0) is 11.3 Å². The van der Waals surface area contributed by atoms with Crippen molar-refractivity contribution in [2.24, 2.45) is 4.99 Å². The molecule has 0 radical (unpaired) electrons. The minimum absolute atomic E-state index is 0.185. The molecule has 0 bridgehead atoms. The Morgan fingerprint density at radius 1 is 1.12 bits per heavy atom. The van der Waals surface area contributed by atoms with Crippen LogP contribution < -0.4 is 5.32 Å². The van der Waals surface area contributed by atoms with Crippen LogP contribution in [-0.4, -0.2) is 15.6 Å². The smallest absolute Gasteiger partial charge is 0.264 e. The van der Waals surface area contributed by atoms with Crippen LogP contribution in [0, 0.1) is 18.3 Å². The average molecular weight is 483 g/mol. The summed E-state index contributed by atoms with van der Waals surface area (Å²) < 4.78 is 2.11. The number of hydrogen-bond acceptors (Lipinski definition) is 4. The molecule has 1 aliphatic heterocycles. The van der Waals surface area contributed by atoms with E-state index in [1.54, 1.807) is 0 Å². The van der Waals surface area contributed by atoms with Crippen LogP contribution in [0.25, 0.3) is 17.0 Å². The Bertz CT molecular complexity index is 1540. The predicted octanol–water partition coefficient (Wildman–Crippen LogP) is 6.41. The van der Waals surface area contributed by atoms with Gasteiger partial charge in [-0.3, -0.25) is 4.79 Å². The van der Waals surface area contributed by atoms with Gasteiger partial charge in [0.05, 0.1) is 22.2 Å². The Kier molecular flexibility index (Phi) is 5.97. The van der Waals surface area contributed by atoms with Crippen LogP contribution in [0.15, 0.2) is 82.8 Å². The van der Waals surface area contributed by atoms with E-state index in [1.165, 1.54) is 11.8 Å². The Balaban J connectivity index is 1.50. The molecule has 0 unspecified atom stereocenters. The van der Waals surface area contributed by atoms with Crippen LogP contribution >= 0.6 is 23.4 Å². The summed E-state index contributed by atoms with van der Waals surface area (Å²) in [6, 6.07) is 23.4. The number of hydrogen-bond donors (Lipinski definition) is 1. The zero-order valence-corrected chi connectivity index (χ0v) is 19.8. The second-order valence-corrected chi connectivity index (χ2v) is 9.30. The number of thioether (sulfide) groups is 1. The zero-order chi connectivity index (χ0) is 23.7. The van der Waals surface area contributed by atoms with E-state index in [0.717, 1.165) is 33.3 Å². The number of aromatic nitrogens is 1. The Hall–Kier alpha value is -3.79. The topological polar surface area (TPSA) is 70.2 Å². The van der Waals surface area contributed by atoms with E-state index in [0.29, 0.717) is 27.2 Å². The summed E-state index contributed by atoms with van der Waals surface area (Å²) in [6.07, 6.45) is 3.91. The highest BCUT2D eigenvalue weighted by Crippen LogP contribution is 2.33. The molecule has 0 saturated carbocycles. The van der Waals surface area contributed by atoms with E-state index in [9.17, 15) is 10.1 Å². The molecule has 0 atom stereocenters. The summed E-state index contributed by atoms with van der Waals surface area (Å²) in [5.41, 5.74) is 5.16. The largest absolute Gasteiger partial charge is 0.342 e. The van der Waals surface area contributed by atoms with Crippen molar-refractivity contribution >= 4 is 57.1 Å². The molecule has 0 spiro atoms. The van der Waals surface area contributed by atoms with E-state index >= 15 is 0 Å². The van der Waals surface area contributed by atoms with Gasteiger partial charge in [-0.15, -0.1) is 0 Å². The maximum absolute atomic E-state index is 12.7. The van der Waals surface area contributed by atoms with Crippen molar-refractivity contribution in [1.29, 1.82) is 5.26 Å². The summed E-state index contributed by atoms with van der Waals surface area (Å²) in [5.74, 6) is -0.185. The first kappa shape index (κ1) is 22.0. The Labute approximate surface area is 206 Å². The first-order valence-electron chi connectivity index (χ1n) is 10.6. The van der Waals surface area contributed by atoms with Crippen LogP contribution in [0.2, 0.25) is 5.02 Å². The molecular formula is C27H19ClN4OS. The maximum atomic E-state index is 12.7. The number of nitrogens with zero attached hydrogens (tertiary/aromatic N) is 3. The molecule has 1 aromatic heterocycles. The lowest BCUT2D eigenvalue weighted by Crippen LogP contribution is -2.19. The number of halogens is 1. The van der Waals surface area contributed by atoms with Gasteiger partial charge in [0.15, 0.2) is 5.17 Å². The molecule has 1 N–H and O–H groups in total. The quantitative estimate of drug-likeness (QED) is 0.341. The van der Waals surface area contributed by atoms with Crippen molar-refractivity contribution in [3.8, 4) is 6.07 Å². The standard InChI is InChI=1S/C27H19ClN4OS/c1-17-22(28)10-6-11-23(17)30-27-31-26(33)25(34-27)13-20-16-32(24-12-5-4-9-21(20)24)15-19-8-3-2-7-18(19)14-29/h2-13,16H,15H2,1H3,(H,30,31,33)/b25-13-. The molecule has 2 heterocycles. The highest BCUT2D eigenvalue weighted by molar-refractivity contribution is 8.18. The van der Waals surface area contributed by atoms with Gasteiger partial charge in [0.25, 0.3) is 5.91 Å². The van der Waals surface area contributed by atoms with Crippen molar-refractivity contribution in [2.75, 3.05) is 0 Å². The van der Waals surface area contributed by atoms with Crippen molar-refractivity contribution in [3.63, 3.8) is 0 Å². The number of carbonyl (C=O) groups is 1. The van der Waals surface area contributed by atoms with Gasteiger partial charge in [-0.05, 0) is 60.2 Å². The van der Waals surface area contributed by atoms with Gasteiger partial charge in [0, 0.05) is 34.2 Å². The molecule has 1 fully saturated rings. The first-order valence-corrected chi connectivity index (χ1v) is 11.8. The van der Waals surface area contributed by atoms with Gasteiger partial charge in [-0.25, -0.2) is 4.99 Å². The third-order valence-corrected chi connectivity index (χ3v) is 7.02. The van der Waals surface area contributed by atoms with E-state index in [2.05, 4.69) is 20.9 Å². The van der Waals surface area contributed by atoms with E-state index < -0.39 is 0 Å². The van der Waals surface area contributed by atoms with Crippen molar-refractivity contribution in [2.45, 2.75) is 13.5 Å². The van der Waals surface area contributed by atoms with E-state index in [-0.39, 0.29) is 5.91 Å². The third kappa shape index (κ3) is 4.24. The number of fused-ring (bicyclic) bond motifs is 1. The summed E-state index contributed by atoms with van der Waals surface area (Å²) in [7, 11) is 0. The SMILES string of the molecule is Cc1c(Cl)cccc1N=C1NC(=O)/C(=C/c2cn(Cc3ccccc3C#N)c3ccccc23)S1. The molecule has 1 aliphatic rings. The number of aliphatic imine (C=N–C) groups is 1. The number of amides is 1. The number of nitrogens with one attached hydrogen (secondary N) is 1. The lowest BCUT2D eigenvalue weighted by molar-refractivity contribution is -0.115. The number of amidine groups is 1. The second-order valence-electron chi connectivity index (χ2n) is 7.86. The fourth-order valence-corrected chi connectivity index (χ4v) is 4.92. The molecule has 1 amide bonds. The highest BCUT2D eigenvalue weighted by atomic mass is 35.5. The minimum atomic E-state index is -0.185. The van der Waals surface area contributed by atoms with Gasteiger partial charge >= 0.3 is 0 Å². The van der Waals surface area contributed by atoms with Gasteiger partial charge in [-0.1, -0.05) is 54.1 Å². The first-order chi connectivity index (χ1) is 16.5. The second kappa shape index (κ2) is 9.22. The molecule has 3 aromatic carbocycles. The monoisotopic (exact) mass is 482 g/mol. The summed E-state index contributed by atoms with van der Waals surface area (Å²) >= 11 is 7.51. The molecule has 0 aliphatic carbocycles. The number of benzene rings is 3. The molecule has 5 nitrogen and oxygen atoms in total. The van der Waals surface area contributed by atoms with Crippen LogP contribution in [0.4, 0.5) is 5.69 Å². The van der Waals surface area contributed by atoms with Crippen molar-refractivity contribution in [1.82, 2.24) is 9.88 Å². The number of para-hydroxylation sites is 1. The van der Waals surface area contributed by atoms with Crippen LogP contribution in [0.5, 0.6) is 0 Å². The minimum Gasteiger partial charge on any atom is -0.342 e. The zero-order valence-electron chi connectivity index (χ0n) is 18.2. The predicted molar refractivity (Wildman–Crippen MR) is 139 cm³/mol. The van der Waals surface area contributed by atoms with Crippen LogP contribution in [0.1, 0.15) is 22.3 Å². The molecule has 4 aromatic rings. The Morgan fingerprint density at radius 3 is 2.76 bits per heavy atom. The average Bonchev–Trinajstić information content (AvgIpc) is 3.37. The van der Waals surface area contributed by atoms with E-state index in [1.807, 2.05) is 85.9 Å². The summed E-state index contributed by atoms with van der Waals surface area (Å²) in [4.78, 5) is 17.9. The summed E-state index contributed by atoms with van der Waals surface area (Å²) in [5, 5.41) is 14.5. The van der Waals surface area contributed by atoms with Gasteiger partial charge in [0.1, 0.15) is 0 Å². The number of nitriles is 1. The molecule has 34 heavy (non-hydrogen) atoms. The lowest BCUT2D eigenvalue weighted by Gasteiger charge is -2.07. The molecule has 166 valence electrons. The van der Waals surface area contributed by atoms with E-state index in [4.69, 9.17) is 11.6 Å². The van der Waals surface area contributed by atoms with Gasteiger partial charge in [-0.2, -0.15) is 5.26 Å². The normalized spacial score (nSPS) is 15.7. The molecule has 5 rings (SSSR count). The fourth-order valence-electron chi connectivity index (χ4n) is 3.92. The van der Waals surface area contributed by atoms with Gasteiger partial charge < -0.3 is 9.88 Å². The molecule has 7 heteroatoms. The number of rotatable bonds is 4. The van der Waals surface area contributed by atoms with Crippen LogP contribution in [0.3, 0.4) is 0 Å².